The molecule has 30 nitrogen and oxygen atoms in total. The maximum atomic E-state index is 13.4. The lowest BCUT2D eigenvalue weighted by molar-refractivity contribution is -0.148. The van der Waals surface area contributed by atoms with Crippen LogP contribution in [-0.4, -0.2) is 215 Å². The van der Waals surface area contributed by atoms with Gasteiger partial charge < -0.3 is 79.0 Å². The molecule has 2 atom stereocenters. The Hall–Kier alpha value is -9.65. The van der Waals surface area contributed by atoms with E-state index in [1.54, 1.807) is 0 Å². The zero-order chi connectivity index (χ0) is 87.7. The van der Waals surface area contributed by atoms with Crippen molar-refractivity contribution in [2.24, 2.45) is 24.4 Å². The van der Waals surface area contributed by atoms with E-state index < -0.39 is 6.04 Å². The van der Waals surface area contributed by atoms with Gasteiger partial charge in [0, 0.05) is 104 Å². The molecule has 34 heteroatoms. The van der Waals surface area contributed by atoms with Crippen molar-refractivity contribution in [3.05, 3.63) is 214 Å². The van der Waals surface area contributed by atoms with Gasteiger partial charge in [0.05, 0.1) is 133 Å². The Labute approximate surface area is 766 Å². The van der Waals surface area contributed by atoms with Crippen LogP contribution in [0.3, 0.4) is 0 Å². The monoisotopic (exact) mass is 1940 g/mol. The van der Waals surface area contributed by atoms with Crippen molar-refractivity contribution in [3.63, 3.8) is 0 Å². The molecule has 12 aliphatic heterocycles. The number of carbonyl (C=O) groups excluding carboxylic acids is 6. The number of fused-ring (bicyclic) bond motifs is 12. The highest BCUT2D eigenvalue weighted by atomic mass is 79.9. The number of aromatic nitrogens is 4. The molecule has 6 fully saturated rings. The number of methoxy groups -OCH3 is 2. The number of halogens is 4. The Morgan fingerprint density at radius 3 is 1.36 bits per heavy atom. The number of hydrogen-bond donors (Lipinski definition) is 5. The molecule has 0 radical (unpaired) electrons. The van der Waals surface area contributed by atoms with Gasteiger partial charge in [-0.3, -0.25) is 48.3 Å². The average Bonchev–Trinajstić information content (AvgIpc) is 1.54. The predicted octanol–water partition coefficient (Wildman–Crippen LogP) is 12.4. The fourth-order valence-corrected chi connectivity index (χ4v) is 19.0. The van der Waals surface area contributed by atoms with Crippen molar-refractivity contribution in [1.29, 1.82) is 0 Å². The Balaban J connectivity index is 0.000000132. The lowest BCUT2D eigenvalue weighted by Crippen LogP contribution is -2.49. The summed E-state index contributed by atoms with van der Waals surface area (Å²) in [6.45, 7) is 12.3. The molecule has 672 valence electrons. The number of aryl methyl sites for hydroxylation is 2. The van der Waals surface area contributed by atoms with Gasteiger partial charge in [0.2, 0.25) is 22.4 Å². The third-order valence-electron chi connectivity index (χ3n) is 25.3. The van der Waals surface area contributed by atoms with Gasteiger partial charge in [-0.25, -0.2) is 0 Å². The average molecular weight is 1940 g/mol. The summed E-state index contributed by atoms with van der Waals surface area (Å²) in [5.41, 5.74) is 18.1. The minimum absolute atomic E-state index is 0. The molecule has 20 rings (SSSR count). The zero-order valence-corrected chi connectivity index (χ0v) is 77.6. The van der Waals surface area contributed by atoms with Crippen molar-refractivity contribution in [3.8, 4) is 0 Å². The number of likely N-dealkylation sites (tertiary alicyclic amines) is 4. The number of anilines is 6. The standard InChI is InChI=1S/C25H27N5O2.C21H27N3O5.C14H16BrNO2.C12H15NO.C11H12N4.C7H12N2O3.C2H2Br2O.ClH/c1-28-24-19(14-26-28)15-30(22-9-5-4-8-21(22)27-24)16-23(31)29-12-10-25(11-13-29)20-7-3-2-6-18(20)17-32-25;1-27-20(26)18-11-16(22-28-2)12-24(18)13-19(25)23-9-7-21(8-10-23)17-6-4-3-5-15(17)14-29-21;15-9-13(17)16-7-5-14(6-8-16)12-4-2-1-3-11(12)10-18-14;1-2-4-11-10(3-1)9-14-12(11)5-7-13-8-6-12;1-15-11-8(7-13-15)6-12-9-4-2-3-5-10(9)14-11;1-11-7(10)6-3-5(4-8-6)9-12-2;3-1-2(4)5;/h2-9,14,27H,10-13,15-17H2,1H3;3-6,18H,7-14H2,1-2H3;1-4H,5-10H2;1-4,13H,5-9H2;2-5,7,12,14H,6H2,1H3;6,8H,3-4H2,1-2H3;1H2;1H/b;22-16+;;;;9-5+;;/t;18-;;;;6-;;/m.0...0../s1. The van der Waals surface area contributed by atoms with E-state index in [1.807, 2.05) is 91.9 Å². The van der Waals surface area contributed by atoms with Gasteiger partial charge in [-0.05, 0) is 149 Å². The number of ether oxygens (including phenoxy) is 6. The van der Waals surface area contributed by atoms with Crippen LogP contribution in [0.5, 0.6) is 0 Å². The minimum atomic E-state index is -0.501. The molecule has 6 aromatic carbocycles. The Morgan fingerprint density at radius 1 is 0.468 bits per heavy atom. The first-order valence-corrected chi connectivity index (χ1v) is 45.5. The van der Waals surface area contributed by atoms with Crippen LogP contribution < -0.4 is 31.5 Å². The van der Waals surface area contributed by atoms with Crippen LogP contribution in [0.1, 0.15) is 120 Å². The second kappa shape index (κ2) is 43.4. The van der Waals surface area contributed by atoms with E-state index in [1.165, 1.54) is 78.5 Å². The number of esters is 2. The fourth-order valence-electron chi connectivity index (χ4n) is 18.6. The van der Waals surface area contributed by atoms with Crippen LogP contribution in [-0.2, 0) is 143 Å². The first-order chi connectivity index (χ1) is 60.7. The number of para-hydroxylation sites is 4. The maximum absolute atomic E-state index is 13.4. The van der Waals surface area contributed by atoms with E-state index >= 15 is 0 Å². The van der Waals surface area contributed by atoms with Crippen molar-refractivity contribution in [2.75, 3.05) is 138 Å². The van der Waals surface area contributed by atoms with Gasteiger partial charge in [-0.2, -0.15) is 10.2 Å². The second-order valence-corrected chi connectivity index (χ2v) is 34.6. The molecule has 3 amide bonds. The summed E-state index contributed by atoms with van der Waals surface area (Å²) in [5, 5.41) is 33.7. The van der Waals surface area contributed by atoms with Crippen molar-refractivity contribution >= 4 is 140 Å². The lowest BCUT2D eigenvalue weighted by Gasteiger charge is -2.40. The number of hydrogen-bond acceptors (Lipinski definition) is 25. The first-order valence-electron chi connectivity index (χ1n) is 42.5. The fraction of sp³-hybridized carbons (Fsp3) is 0.457. The van der Waals surface area contributed by atoms with Gasteiger partial charge in [-0.1, -0.05) is 163 Å². The molecule has 0 aliphatic carbocycles. The maximum Gasteiger partial charge on any atom is 0.323 e. The highest BCUT2D eigenvalue weighted by molar-refractivity contribution is 9.19. The SMILES string of the molecule is CO/N=C1/CN[C@H](C(=O)OC)C1.CO/N=C1\C[C@@H](C(=O)OC)N(CC(=O)N2CCC3(CC2)OCc2ccccc23)C1.Cl.Cn1ncc2c1Nc1ccccc1N(CC(=O)N1CCC3(CC1)OCc1ccccc13)C2.Cn1ncc2c1Nc1ccccc1NC2.O=C(Br)CBr.O=C(CBr)N1CCC2(CC1)OCc1ccccc12.c1ccc2c(c1)COC21CCNCC1. The molecule has 12 aliphatic rings. The van der Waals surface area contributed by atoms with E-state index in [0.29, 0.717) is 82.6 Å². The lowest BCUT2D eigenvalue weighted by atomic mass is 9.84. The molecule has 126 heavy (non-hydrogen) atoms. The van der Waals surface area contributed by atoms with E-state index in [2.05, 4.69) is 219 Å². The number of piperidine rings is 4. The van der Waals surface area contributed by atoms with E-state index in [9.17, 15) is 28.8 Å². The van der Waals surface area contributed by atoms with Crippen LogP contribution in [0.15, 0.2) is 168 Å². The molecular formula is C92H112Br3ClN16O14. The number of nitrogens with one attached hydrogen (secondary N) is 5. The predicted molar refractivity (Wildman–Crippen MR) is 493 cm³/mol. The highest BCUT2D eigenvalue weighted by Crippen LogP contribution is 2.48. The number of benzene rings is 6. The van der Waals surface area contributed by atoms with Gasteiger partial charge >= 0.3 is 11.9 Å². The minimum Gasteiger partial charge on any atom is -0.468 e. The summed E-state index contributed by atoms with van der Waals surface area (Å²) < 4.78 is 37.7. The van der Waals surface area contributed by atoms with Crippen LogP contribution in [0, 0.1) is 0 Å². The number of amides is 3. The summed E-state index contributed by atoms with van der Waals surface area (Å²) in [6, 6.07) is 49.5. The summed E-state index contributed by atoms with van der Waals surface area (Å²) in [6.07, 6.45) is 12.1. The first kappa shape index (κ1) is 94.0. The van der Waals surface area contributed by atoms with Gasteiger partial charge in [-0.15, -0.1) is 12.4 Å². The highest BCUT2D eigenvalue weighted by Gasteiger charge is 2.48. The topological polar surface area (TPSA) is 313 Å². The summed E-state index contributed by atoms with van der Waals surface area (Å²) in [5.74, 6) is 1.78. The van der Waals surface area contributed by atoms with Crippen molar-refractivity contribution in [2.45, 2.75) is 138 Å². The molecule has 0 saturated carbocycles. The quantitative estimate of drug-likeness (QED) is 0.0368. The molecule has 8 aromatic rings. The van der Waals surface area contributed by atoms with Crippen LogP contribution in [0.2, 0.25) is 0 Å². The Kier molecular flexibility index (Phi) is 32.4. The van der Waals surface area contributed by atoms with Crippen molar-refractivity contribution in [1.82, 2.24) is 49.8 Å². The molecule has 4 spiro atoms. The molecule has 6 saturated heterocycles. The normalized spacial score (nSPS) is 20.4. The Bertz CT molecular complexity index is 5170. The van der Waals surface area contributed by atoms with Gasteiger partial charge in [0.25, 0.3) is 0 Å². The number of oxime groups is 2. The number of rotatable bonds is 10. The van der Waals surface area contributed by atoms with Crippen LogP contribution >= 0.6 is 60.2 Å². The van der Waals surface area contributed by atoms with Crippen molar-refractivity contribution < 1.29 is 66.9 Å². The number of alkyl halides is 2. The second-order valence-electron chi connectivity index (χ2n) is 32.6. The molecule has 0 bridgehead atoms. The molecule has 2 aromatic heterocycles. The third kappa shape index (κ3) is 21.7. The molecule has 5 N–H and O–H groups in total. The van der Waals surface area contributed by atoms with Crippen LogP contribution in [0.25, 0.3) is 0 Å². The molecular weight excluding hydrogens is 1830 g/mol. The summed E-state index contributed by atoms with van der Waals surface area (Å²) in [4.78, 5) is 89.9. The molecule has 0 unspecified atom stereocenters. The van der Waals surface area contributed by atoms with Gasteiger partial charge in [0.1, 0.15) is 37.9 Å². The Morgan fingerprint density at radius 2 is 0.881 bits per heavy atom. The number of carbonyl (C=O) groups is 6. The summed E-state index contributed by atoms with van der Waals surface area (Å²) in [7, 11) is 9.56. The molecule has 14 heterocycles. The van der Waals surface area contributed by atoms with E-state index in [-0.39, 0.29) is 81.8 Å². The number of nitrogens with zero attached hydrogens (tertiary/aromatic N) is 11. The largest absolute Gasteiger partial charge is 0.468 e. The third-order valence-corrected chi connectivity index (χ3v) is 27.3. The van der Waals surface area contributed by atoms with E-state index in [0.717, 1.165) is 155 Å². The zero-order valence-electron chi connectivity index (χ0n) is 72.1. The smallest absolute Gasteiger partial charge is 0.323 e. The van der Waals surface area contributed by atoms with E-state index in [4.69, 9.17) is 28.5 Å². The van der Waals surface area contributed by atoms with Crippen LogP contribution in [0.4, 0.5) is 34.4 Å². The van der Waals surface area contributed by atoms with Gasteiger partial charge in [0.15, 0.2) is 0 Å². The summed E-state index contributed by atoms with van der Waals surface area (Å²) >= 11 is 8.83.